The molecule has 6 heterocycles. The number of terminal acetylenes is 1. The van der Waals surface area contributed by atoms with E-state index < -0.39 is 17.5 Å². The number of hydrogen-bond donors (Lipinski definition) is 2. The summed E-state index contributed by atoms with van der Waals surface area (Å²) in [5.41, 5.74) is 1.54. The van der Waals surface area contributed by atoms with E-state index in [1.807, 2.05) is 6.07 Å². The maximum Gasteiger partial charge on any atom is 0.319 e. The van der Waals surface area contributed by atoms with Crippen molar-refractivity contribution in [3.05, 3.63) is 60.1 Å². The molecule has 8 nitrogen and oxygen atoms in total. The number of benzene rings is 2. The van der Waals surface area contributed by atoms with Crippen LogP contribution < -0.4 is 15.0 Å². The molecule has 4 aliphatic heterocycles. The van der Waals surface area contributed by atoms with E-state index >= 15 is 4.39 Å². The number of phenols is 1. The summed E-state index contributed by atoms with van der Waals surface area (Å²) < 4.78 is 37.5. The molecule has 44 heavy (non-hydrogen) atoms. The SMILES string of the molecule is C#Cc1cccc2cc(O)cc(-c3ncc4c(N5C[C@H]6CC[C@@H](C5)N6)nc(OC[C@]56CC(=C)CN5C[C@@H](F)C6)nc4c3F)c12. The lowest BCUT2D eigenvalue weighted by atomic mass is 9.93. The smallest absolute Gasteiger partial charge is 0.319 e. The molecule has 4 aliphatic rings. The second-order valence-electron chi connectivity index (χ2n) is 12.7. The van der Waals surface area contributed by atoms with Gasteiger partial charge in [0.25, 0.3) is 0 Å². The van der Waals surface area contributed by atoms with Gasteiger partial charge in [-0.2, -0.15) is 9.97 Å². The van der Waals surface area contributed by atoms with Crippen molar-refractivity contribution in [2.75, 3.05) is 37.7 Å². The summed E-state index contributed by atoms with van der Waals surface area (Å²) in [7, 11) is 0. The Kier molecular flexibility index (Phi) is 6.26. The van der Waals surface area contributed by atoms with Crippen LogP contribution >= 0.6 is 0 Å². The number of aromatic nitrogens is 3. The van der Waals surface area contributed by atoms with E-state index in [0.717, 1.165) is 31.5 Å². The number of hydrogen-bond acceptors (Lipinski definition) is 8. The lowest BCUT2D eigenvalue weighted by molar-refractivity contribution is 0.107. The molecular formula is C34H32F2N6O2. The van der Waals surface area contributed by atoms with Crippen molar-refractivity contribution < 1.29 is 18.6 Å². The number of aromatic hydroxyl groups is 1. The molecule has 0 amide bonds. The Hall–Kier alpha value is -4.33. The van der Waals surface area contributed by atoms with Gasteiger partial charge in [-0.3, -0.25) is 9.88 Å². The van der Waals surface area contributed by atoms with Crippen molar-refractivity contribution >= 4 is 27.5 Å². The Labute approximate surface area is 253 Å². The third-order valence-electron chi connectivity index (χ3n) is 9.69. The summed E-state index contributed by atoms with van der Waals surface area (Å²) in [5, 5.41) is 15.9. The molecule has 4 saturated heterocycles. The molecular weight excluding hydrogens is 562 g/mol. The van der Waals surface area contributed by atoms with E-state index in [1.165, 1.54) is 6.07 Å². The normalized spacial score (nSPS) is 26.4. The van der Waals surface area contributed by atoms with Crippen LogP contribution in [0.15, 0.2) is 48.7 Å². The van der Waals surface area contributed by atoms with E-state index in [0.29, 0.717) is 71.1 Å². The van der Waals surface area contributed by atoms with E-state index in [9.17, 15) is 9.50 Å². The highest BCUT2D eigenvalue weighted by atomic mass is 19.1. The quantitative estimate of drug-likeness (QED) is 0.253. The van der Waals surface area contributed by atoms with Gasteiger partial charge >= 0.3 is 6.01 Å². The predicted octanol–water partition coefficient (Wildman–Crippen LogP) is 4.73. The molecule has 2 aromatic heterocycles. The van der Waals surface area contributed by atoms with Crippen molar-refractivity contribution in [1.29, 1.82) is 0 Å². The number of nitrogens with zero attached hydrogens (tertiary/aromatic N) is 5. The third-order valence-corrected chi connectivity index (χ3v) is 9.69. The molecule has 4 atom stereocenters. The Morgan fingerprint density at radius 3 is 2.80 bits per heavy atom. The van der Waals surface area contributed by atoms with E-state index in [4.69, 9.17) is 16.1 Å². The van der Waals surface area contributed by atoms with Crippen LogP contribution in [0.1, 0.15) is 31.2 Å². The van der Waals surface area contributed by atoms with Gasteiger partial charge in [0.05, 0.1) is 10.9 Å². The molecule has 0 spiro atoms. The Morgan fingerprint density at radius 1 is 1.18 bits per heavy atom. The zero-order valence-electron chi connectivity index (χ0n) is 24.2. The number of nitrogens with one attached hydrogen (secondary N) is 1. The fraction of sp³-hybridized carbons (Fsp3) is 0.382. The van der Waals surface area contributed by atoms with Crippen LogP contribution in [0.2, 0.25) is 0 Å². The summed E-state index contributed by atoms with van der Waals surface area (Å²) in [5.74, 6) is 2.54. The topological polar surface area (TPSA) is 86.6 Å². The number of phenolic OH excluding ortho intramolecular Hbond substituents is 1. The molecule has 2 bridgehead atoms. The molecule has 4 aromatic rings. The summed E-state index contributed by atoms with van der Waals surface area (Å²) >= 11 is 0. The fourth-order valence-corrected chi connectivity index (χ4v) is 7.85. The van der Waals surface area contributed by atoms with Gasteiger partial charge in [-0.1, -0.05) is 30.2 Å². The minimum Gasteiger partial charge on any atom is -0.508 e. The van der Waals surface area contributed by atoms with Crippen LogP contribution in [0.3, 0.4) is 0 Å². The summed E-state index contributed by atoms with van der Waals surface area (Å²) in [6.07, 6.45) is 9.59. The number of rotatable bonds is 5. The van der Waals surface area contributed by atoms with Gasteiger partial charge in [-0.25, -0.2) is 8.78 Å². The average molecular weight is 595 g/mol. The first-order chi connectivity index (χ1) is 21.3. The van der Waals surface area contributed by atoms with E-state index in [1.54, 1.807) is 24.4 Å². The molecule has 0 radical (unpaired) electrons. The number of pyridine rings is 1. The van der Waals surface area contributed by atoms with Gasteiger partial charge < -0.3 is 20.1 Å². The van der Waals surface area contributed by atoms with Gasteiger partial charge in [-0.05, 0) is 42.8 Å². The zero-order chi connectivity index (χ0) is 30.2. The Bertz CT molecular complexity index is 1880. The first-order valence-electron chi connectivity index (χ1n) is 15.1. The highest BCUT2D eigenvalue weighted by molar-refractivity contribution is 6.02. The monoisotopic (exact) mass is 594 g/mol. The van der Waals surface area contributed by atoms with Crippen molar-refractivity contribution in [1.82, 2.24) is 25.2 Å². The van der Waals surface area contributed by atoms with Crippen molar-refractivity contribution in [2.24, 2.45) is 0 Å². The number of fused-ring (bicyclic) bond motifs is 5. The lowest BCUT2D eigenvalue weighted by Gasteiger charge is -2.34. The summed E-state index contributed by atoms with van der Waals surface area (Å²) in [4.78, 5) is 18.2. The predicted molar refractivity (Wildman–Crippen MR) is 165 cm³/mol. The van der Waals surface area contributed by atoms with Gasteiger partial charge in [0.1, 0.15) is 35.6 Å². The molecule has 2 aromatic carbocycles. The molecule has 2 N–H and O–H groups in total. The first kappa shape index (κ1) is 27.2. The van der Waals surface area contributed by atoms with Crippen LogP contribution in [0.5, 0.6) is 11.8 Å². The van der Waals surface area contributed by atoms with Gasteiger partial charge in [0.15, 0.2) is 5.82 Å². The first-order valence-corrected chi connectivity index (χ1v) is 15.1. The fourth-order valence-electron chi connectivity index (χ4n) is 7.85. The molecule has 8 rings (SSSR count). The maximum absolute atomic E-state index is 16.8. The van der Waals surface area contributed by atoms with Gasteiger partial charge in [-0.15, -0.1) is 6.42 Å². The van der Waals surface area contributed by atoms with Crippen molar-refractivity contribution in [2.45, 2.75) is 49.5 Å². The average Bonchev–Trinajstić information content (AvgIpc) is 3.61. The number of alkyl halides is 1. The zero-order valence-corrected chi connectivity index (χ0v) is 24.2. The number of ether oxygens (including phenoxy) is 1. The maximum atomic E-state index is 16.8. The highest BCUT2D eigenvalue weighted by Gasteiger charge is 2.50. The Balaban J connectivity index is 1.26. The van der Waals surface area contributed by atoms with Gasteiger partial charge in [0.2, 0.25) is 0 Å². The summed E-state index contributed by atoms with van der Waals surface area (Å²) in [6.45, 7) is 6.73. The highest BCUT2D eigenvalue weighted by Crippen LogP contribution is 2.43. The number of piperazine rings is 1. The van der Waals surface area contributed by atoms with Gasteiger partial charge in [0, 0.05) is 67.4 Å². The minimum atomic E-state index is -0.938. The standard InChI is InChI=1S/C34H32F2N6O2/c1-3-20-5-4-6-21-9-25(43)10-26(28(20)21)30-29(36)31-27(13-37-30)32(41-16-23-7-8-24(17-41)38-23)40-33(39-31)44-18-34-11-19(2)14-42(34)15-22(35)12-34/h1,4-6,9-10,13,22-24,38,43H,2,7-8,11-12,14-18H2/t22-,23-,24+,34+/m0/s1. The summed E-state index contributed by atoms with van der Waals surface area (Å²) in [6, 6.07) is 9.12. The van der Waals surface area contributed by atoms with Crippen molar-refractivity contribution in [3.63, 3.8) is 0 Å². The van der Waals surface area contributed by atoms with Crippen LogP contribution in [-0.4, -0.2) is 81.5 Å². The number of halogens is 2. The van der Waals surface area contributed by atoms with Crippen LogP contribution in [0.4, 0.5) is 14.6 Å². The molecule has 0 unspecified atom stereocenters. The second kappa shape index (κ2) is 10.1. The lowest BCUT2D eigenvalue weighted by Crippen LogP contribution is -2.51. The second-order valence-corrected chi connectivity index (χ2v) is 12.7. The molecule has 0 saturated carbocycles. The van der Waals surface area contributed by atoms with Crippen LogP contribution in [0, 0.1) is 18.2 Å². The van der Waals surface area contributed by atoms with Crippen LogP contribution in [0.25, 0.3) is 32.9 Å². The minimum absolute atomic E-state index is 0.0185. The van der Waals surface area contributed by atoms with Crippen LogP contribution in [-0.2, 0) is 0 Å². The molecule has 4 fully saturated rings. The molecule has 10 heteroatoms. The number of anilines is 1. The largest absolute Gasteiger partial charge is 0.508 e. The molecule has 0 aliphatic carbocycles. The van der Waals surface area contributed by atoms with Crippen molar-refractivity contribution in [3.8, 4) is 35.4 Å². The van der Waals surface area contributed by atoms with E-state index in [-0.39, 0.29) is 29.6 Å². The van der Waals surface area contributed by atoms with E-state index in [2.05, 4.69) is 37.6 Å². The Morgan fingerprint density at radius 2 is 2.00 bits per heavy atom. The molecule has 224 valence electrons. The third kappa shape index (κ3) is 4.37.